The van der Waals surface area contributed by atoms with E-state index in [9.17, 15) is 26.8 Å². The predicted octanol–water partition coefficient (Wildman–Crippen LogP) is 0.618. The molecule has 170 valence electrons. The summed E-state index contributed by atoms with van der Waals surface area (Å²) in [6.45, 7) is -3.57. The van der Waals surface area contributed by atoms with Crippen molar-refractivity contribution in [2.24, 2.45) is 0 Å². The van der Waals surface area contributed by atoms with Gasteiger partial charge < -0.3 is 21.1 Å². The summed E-state index contributed by atoms with van der Waals surface area (Å²) in [6, 6.07) is 8.08. The smallest absolute Gasteiger partial charge is 0.387 e. The molecule has 10 nitrogen and oxygen atoms in total. The number of nitrogens with zero attached hydrogens (tertiary/aromatic N) is 2. The van der Waals surface area contributed by atoms with E-state index < -0.39 is 52.4 Å². The average Bonchev–Trinajstić information content (AvgIpc) is 2.72. The number of alkyl halides is 2. The maximum atomic E-state index is 12.7. The number of hydrogen-bond donors (Lipinski definition) is 3. The van der Waals surface area contributed by atoms with Crippen molar-refractivity contribution in [3.8, 4) is 11.8 Å². The Morgan fingerprint density at radius 1 is 1.22 bits per heavy atom. The van der Waals surface area contributed by atoms with Crippen molar-refractivity contribution >= 4 is 27.5 Å². The van der Waals surface area contributed by atoms with Crippen molar-refractivity contribution < 1.29 is 31.5 Å². The first kappa shape index (κ1) is 24.5. The number of hydrogen-bond acceptors (Lipinski definition) is 8. The third-order valence-electron chi connectivity index (χ3n) is 4.00. The number of amides is 2. The van der Waals surface area contributed by atoms with E-state index in [1.807, 2.05) is 0 Å². The van der Waals surface area contributed by atoms with E-state index in [1.54, 1.807) is 6.07 Å². The van der Waals surface area contributed by atoms with Gasteiger partial charge in [-0.05, 0) is 18.2 Å². The summed E-state index contributed by atoms with van der Waals surface area (Å²) in [5, 5.41) is 13.1. The summed E-state index contributed by atoms with van der Waals surface area (Å²) >= 11 is 0. The molecule has 2 amide bonds. The molecule has 32 heavy (non-hydrogen) atoms. The molecule has 1 heterocycles. The standard InChI is InChI=1S/C19H19F2N5O5S/c20-19(21)31-15-4-2-1-3-13(15)10-32(29,30)11-14(18(28)24-8-7-22)26-17(27)12-5-6-16(23)25-9-12/h1-6,9,14,19H,8,10-11H2,(H2,23,25)(H,24,28)(H,26,27)/t14-/m0/s1. The zero-order chi connectivity index (χ0) is 23.7. The first-order valence-electron chi connectivity index (χ1n) is 9.01. The number of nitriles is 1. The Hall–Kier alpha value is -3.79. The molecule has 2 aromatic rings. The molecular formula is C19H19F2N5O5S. The van der Waals surface area contributed by atoms with Crippen LogP contribution in [0.4, 0.5) is 14.6 Å². The van der Waals surface area contributed by atoms with E-state index in [0.717, 1.165) is 6.20 Å². The monoisotopic (exact) mass is 467 g/mol. The van der Waals surface area contributed by atoms with Gasteiger partial charge in [-0.25, -0.2) is 13.4 Å². The molecule has 1 atom stereocenters. The predicted molar refractivity (Wildman–Crippen MR) is 109 cm³/mol. The summed E-state index contributed by atoms with van der Waals surface area (Å²) in [6.07, 6.45) is 1.14. The van der Waals surface area contributed by atoms with Crippen molar-refractivity contribution in [3.63, 3.8) is 0 Å². The van der Waals surface area contributed by atoms with Gasteiger partial charge in [-0.1, -0.05) is 18.2 Å². The van der Waals surface area contributed by atoms with E-state index in [2.05, 4.69) is 20.4 Å². The number of pyridine rings is 1. The number of para-hydroxylation sites is 1. The first-order valence-corrected chi connectivity index (χ1v) is 10.8. The van der Waals surface area contributed by atoms with Gasteiger partial charge in [0.15, 0.2) is 9.84 Å². The van der Waals surface area contributed by atoms with Crippen LogP contribution in [0, 0.1) is 11.3 Å². The number of nitrogens with two attached hydrogens (primary N) is 1. The maximum Gasteiger partial charge on any atom is 0.387 e. The molecule has 0 fully saturated rings. The van der Waals surface area contributed by atoms with Crippen LogP contribution in [0.3, 0.4) is 0 Å². The summed E-state index contributed by atoms with van der Waals surface area (Å²) in [5.41, 5.74) is 5.43. The second kappa shape index (κ2) is 11.0. The molecule has 0 bridgehead atoms. The average molecular weight is 467 g/mol. The minimum absolute atomic E-state index is 0.0189. The zero-order valence-electron chi connectivity index (χ0n) is 16.5. The fourth-order valence-corrected chi connectivity index (χ4v) is 4.17. The van der Waals surface area contributed by atoms with Crippen LogP contribution < -0.4 is 21.1 Å². The molecule has 0 radical (unpaired) electrons. The third-order valence-corrected chi connectivity index (χ3v) is 5.59. The molecule has 0 spiro atoms. The first-order chi connectivity index (χ1) is 15.1. The number of anilines is 1. The number of aromatic nitrogens is 1. The Morgan fingerprint density at radius 3 is 2.56 bits per heavy atom. The van der Waals surface area contributed by atoms with Crippen molar-refractivity contribution in [2.75, 3.05) is 18.0 Å². The Morgan fingerprint density at radius 2 is 1.94 bits per heavy atom. The quantitative estimate of drug-likeness (QED) is 0.428. The Balaban J connectivity index is 2.22. The van der Waals surface area contributed by atoms with Gasteiger partial charge in [0.25, 0.3) is 5.91 Å². The molecule has 13 heteroatoms. The van der Waals surface area contributed by atoms with Crippen LogP contribution in [-0.2, 0) is 20.4 Å². The lowest BCUT2D eigenvalue weighted by atomic mass is 10.2. The van der Waals surface area contributed by atoms with Crippen molar-refractivity contribution in [3.05, 3.63) is 53.7 Å². The van der Waals surface area contributed by atoms with Gasteiger partial charge in [-0.15, -0.1) is 0 Å². The van der Waals surface area contributed by atoms with E-state index in [4.69, 9.17) is 11.0 Å². The summed E-state index contributed by atoms with van der Waals surface area (Å²) < 4.78 is 54.9. The molecule has 0 unspecified atom stereocenters. The number of nitrogen functional groups attached to an aromatic ring is 1. The summed E-state index contributed by atoms with van der Waals surface area (Å²) in [7, 11) is -4.12. The highest BCUT2D eigenvalue weighted by molar-refractivity contribution is 7.90. The Labute approximate surface area is 182 Å². The topological polar surface area (TPSA) is 164 Å². The lowest BCUT2D eigenvalue weighted by Gasteiger charge is -2.18. The van der Waals surface area contributed by atoms with E-state index in [1.165, 1.54) is 36.4 Å². The molecule has 0 saturated heterocycles. The fourth-order valence-electron chi connectivity index (χ4n) is 2.60. The zero-order valence-corrected chi connectivity index (χ0v) is 17.3. The van der Waals surface area contributed by atoms with E-state index in [0.29, 0.717) is 0 Å². The molecule has 0 saturated carbocycles. The molecule has 0 aliphatic heterocycles. The molecular weight excluding hydrogens is 448 g/mol. The number of nitrogens with one attached hydrogen (secondary N) is 2. The number of carbonyl (C=O) groups is 2. The highest BCUT2D eigenvalue weighted by atomic mass is 32.2. The van der Waals surface area contributed by atoms with Gasteiger partial charge in [0.1, 0.15) is 24.2 Å². The van der Waals surface area contributed by atoms with Crippen LogP contribution in [0.2, 0.25) is 0 Å². The lowest BCUT2D eigenvalue weighted by molar-refractivity contribution is -0.122. The van der Waals surface area contributed by atoms with Crippen molar-refractivity contribution in [2.45, 2.75) is 18.4 Å². The highest BCUT2D eigenvalue weighted by Gasteiger charge is 2.28. The number of rotatable bonds is 10. The molecule has 0 aliphatic carbocycles. The van der Waals surface area contributed by atoms with Crippen LogP contribution in [0.25, 0.3) is 0 Å². The van der Waals surface area contributed by atoms with E-state index in [-0.39, 0.29) is 22.7 Å². The second-order valence-corrected chi connectivity index (χ2v) is 8.52. The Kier molecular flexibility index (Phi) is 8.42. The number of ether oxygens (including phenoxy) is 1. The van der Waals surface area contributed by atoms with Crippen molar-refractivity contribution in [1.82, 2.24) is 15.6 Å². The molecule has 0 aliphatic rings. The van der Waals surface area contributed by atoms with Crippen LogP contribution in [0.5, 0.6) is 5.75 Å². The van der Waals surface area contributed by atoms with E-state index >= 15 is 0 Å². The summed E-state index contributed by atoms with van der Waals surface area (Å²) in [5.74, 6) is -3.47. The van der Waals surface area contributed by atoms with Gasteiger partial charge in [0.2, 0.25) is 5.91 Å². The normalized spacial score (nSPS) is 11.9. The molecule has 1 aromatic carbocycles. The van der Waals surface area contributed by atoms with Gasteiger partial charge in [-0.2, -0.15) is 14.0 Å². The van der Waals surface area contributed by atoms with Gasteiger partial charge in [0.05, 0.1) is 23.1 Å². The lowest BCUT2D eigenvalue weighted by Crippen LogP contribution is -2.50. The maximum absolute atomic E-state index is 12.7. The van der Waals surface area contributed by atoms with Gasteiger partial charge in [-0.3, -0.25) is 9.59 Å². The molecule has 2 rings (SSSR count). The van der Waals surface area contributed by atoms with Gasteiger partial charge in [0, 0.05) is 11.8 Å². The van der Waals surface area contributed by atoms with Crippen LogP contribution in [-0.4, -0.2) is 50.2 Å². The minimum atomic E-state index is -4.12. The largest absolute Gasteiger partial charge is 0.435 e. The van der Waals surface area contributed by atoms with Crippen molar-refractivity contribution in [1.29, 1.82) is 5.26 Å². The number of halogens is 2. The van der Waals surface area contributed by atoms with Crippen LogP contribution in [0.1, 0.15) is 15.9 Å². The fraction of sp³-hybridized carbons (Fsp3) is 0.263. The number of sulfone groups is 1. The Bertz CT molecular complexity index is 1100. The highest BCUT2D eigenvalue weighted by Crippen LogP contribution is 2.23. The molecule has 4 N–H and O–H groups in total. The number of carbonyl (C=O) groups excluding carboxylic acids is 2. The molecule has 1 aromatic heterocycles. The minimum Gasteiger partial charge on any atom is -0.435 e. The SMILES string of the molecule is N#CCNC(=O)[C@H](CS(=O)(=O)Cc1ccccc1OC(F)F)NC(=O)c1ccc(N)nc1. The second-order valence-electron chi connectivity index (χ2n) is 6.41. The number of benzene rings is 1. The van der Waals surface area contributed by atoms with Gasteiger partial charge >= 0.3 is 6.61 Å². The summed E-state index contributed by atoms with van der Waals surface area (Å²) in [4.78, 5) is 28.5. The van der Waals surface area contributed by atoms with Crippen LogP contribution in [0.15, 0.2) is 42.6 Å². The third kappa shape index (κ3) is 7.47. The van der Waals surface area contributed by atoms with Crippen LogP contribution >= 0.6 is 0 Å².